The van der Waals surface area contributed by atoms with Crippen LogP contribution < -0.4 is 10.1 Å². The normalized spacial score (nSPS) is 15.9. The number of hydrogen-bond donors (Lipinski definition) is 1. The number of benzene rings is 3. The van der Waals surface area contributed by atoms with Gasteiger partial charge in [0, 0.05) is 29.9 Å². The Morgan fingerprint density at radius 2 is 1.85 bits per heavy atom. The van der Waals surface area contributed by atoms with E-state index in [2.05, 4.69) is 5.32 Å². The number of rotatable bonds is 4. The highest BCUT2D eigenvalue weighted by Crippen LogP contribution is 2.32. The number of hydrogen-bond acceptors (Lipinski definition) is 3. The van der Waals surface area contributed by atoms with Crippen molar-refractivity contribution in [2.24, 2.45) is 0 Å². The molecule has 2 amide bonds. The van der Waals surface area contributed by atoms with Crippen molar-refractivity contribution < 1.29 is 31.9 Å². The molecule has 1 heterocycles. The molecule has 1 aliphatic rings. The summed E-state index contributed by atoms with van der Waals surface area (Å²) in [4.78, 5) is 26.7. The molecule has 0 saturated carbocycles. The lowest BCUT2D eigenvalue weighted by Gasteiger charge is -2.22. The molecular formula is C25H20F4N2O3. The van der Waals surface area contributed by atoms with Gasteiger partial charge in [-0.15, -0.1) is 0 Å². The van der Waals surface area contributed by atoms with Crippen molar-refractivity contribution >= 4 is 17.5 Å². The first-order valence-corrected chi connectivity index (χ1v) is 10.4. The molecular weight excluding hydrogens is 452 g/mol. The van der Waals surface area contributed by atoms with E-state index in [1.807, 2.05) is 0 Å². The maximum atomic E-state index is 13.4. The lowest BCUT2D eigenvalue weighted by molar-refractivity contribution is -0.138. The number of nitrogens with zero attached hydrogens (tertiary/aromatic N) is 1. The molecule has 0 unspecified atom stereocenters. The van der Waals surface area contributed by atoms with Crippen molar-refractivity contribution in [3.63, 3.8) is 0 Å². The van der Waals surface area contributed by atoms with E-state index in [0.717, 1.165) is 18.2 Å². The van der Waals surface area contributed by atoms with Gasteiger partial charge in [-0.2, -0.15) is 13.2 Å². The molecule has 0 aliphatic carbocycles. The molecule has 0 spiro atoms. The number of halogens is 4. The second-order valence-electron chi connectivity index (χ2n) is 7.94. The maximum Gasteiger partial charge on any atom is 0.416 e. The van der Waals surface area contributed by atoms with Gasteiger partial charge in [-0.05, 0) is 61.0 Å². The average molecular weight is 472 g/mol. The Balaban J connectivity index is 1.57. The minimum Gasteiger partial charge on any atom is -0.481 e. The number of anilines is 1. The van der Waals surface area contributed by atoms with E-state index in [-0.39, 0.29) is 24.6 Å². The summed E-state index contributed by atoms with van der Waals surface area (Å²) in [5, 5.41) is 2.68. The van der Waals surface area contributed by atoms with Crippen LogP contribution in [0, 0.1) is 5.82 Å². The lowest BCUT2D eigenvalue weighted by atomic mass is 10.1. The Labute approximate surface area is 193 Å². The summed E-state index contributed by atoms with van der Waals surface area (Å²) in [5.74, 6) is -1.00. The van der Waals surface area contributed by atoms with Gasteiger partial charge in [-0.3, -0.25) is 9.59 Å². The van der Waals surface area contributed by atoms with E-state index in [1.54, 1.807) is 25.1 Å². The summed E-state index contributed by atoms with van der Waals surface area (Å²) >= 11 is 0. The van der Waals surface area contributed by atoms with Gasteiger partial charge >= 0.3 is 6.18 Å². The van der Waals surface area contributed by atoms with Gasteiger partial charge in [0.2, 0.25) is 0 Å². The molecule has 176 valence electrons. The Morgan fingerprint density at radius 3 is 2.59 bits per heavy atom. The Bertz CT molecular complexity index is 1240. The fourth-order valence-electron chi connectivity index (χ4n) is 3.71. The third kappa shape index (κ3) is 5.19. The number of alkyl halides is 3. The van der Waals surface area contributed by atoms with E-state index in [4.69, 9.17) is 4.74 Å². The maximum absolute atomic E-state index is 13.4. The van der Waals surface area contributed by atoms with Crippen LogP contribution in [0.2, 0.25) is 0 Å². The fraction of sp³-hybridized carbons (Fsp3) is 0.200. The summed E-state index contributed by atoms with van der Waals surface area (Å²) < 4.78 is 58.4. The molecule has 0 fully saturated rings. The zero-order valence-corrected chi connectivity index (χ0v) is 18.0. The van der Waals surface area contributed by atoms with Gasteiger partial charge in [0.25, 0.3) is 11.8 Å². The van der Waals surface area contributed by atoms with E-state index in [9.17, 15) is 27.2 Å². The molecule has 0 saturated heterocycles. The van der Waals surface area contributed by atoms with Crippen molar-refractivity contribution in [3.8, 4) is 5.75 Å². The van der Waals surface area contributed by atoms with Crippen LogP contribution in [-0.4, -0.2) is 22.8 Å². The third-order valence-corrected chi connectivity index (χ3v) is 5.36. The van der Waals surface area contributed by atoms with Crippen LogP contribution in [0.4, 0.5) is 23.2 Å². The molecule has 0 aromatic heterocycles. The van der Waals surface area contributed by atoms with Crippen LogP contribution in [0.15, 0.2) is 66.7 Å². The van der Waals surface area contributed by atoms with Gasteiger partial charge in [-0.25, -0.2) is 4.39 Å². The van der Waals surface area contributed by atoms with E-state index < -0.39 is 29.6 Å². The second kappa shape index (κ2) is 9.17. The fourth-order valence-corrected chi connectivity index (χ4v) is 3.71. The van der Waals surface area contributed by atoms with Gasteiger partial charge < -0.3 is 15.0 Å². The second-order valence-corrected chi connectivity index (χ2v) is 7.94. The van der Waals surface area contributed by atoms with Crippen LogP contribution in [0.5, 0.6) is 5.75 Å². The Hall–Kier alpha value is -3.88. The van der Waals surface area contributed by atoms with Gasteiger partial charge in [0.05, 0.1) is 5.56 Å². The summed E-state index contributed by atoms with van der Waals surface area (Å²) in [5.41, 5.74) is 0.647. The van der Waals surface area contributed by atoms with Crippen molar-refractivity contribution in [2.75, 3.05) is 5.32 Å². The number of carbonyl (C=O) groups excluding carboxylic acids is 2. The van der Waals surface area contributed by atoms with Gasteiger partial charge in [0.15, 0.2) is 6.10 Å². The topological polar surface area (TPSA) is 58.6 Å². The molecule has 1 N–H and O–H groups in total. The number of carbonyl (C=O) groups is 2. The highest BCUT2D eigenvalue weighted by molar-refractivity contribution is 6.04. The van der Waals surface area contributed by atoms with Gasteiger partial charge in [0.1, 0.15) is 11.6 Å². The zero-order valence-electron chi connectivity index (χ0n) is 18.0. The molecule has 1 aliphatic heterocycles. The monoisotopic (exact) mass is 472 g/mol. The highest BCUT2D eigenvalue weighted by atomic mass is 19.4. The standard InChI is InChI=1S/C25H20F4N2O3/c1-15-24(33)31(13-16-4-2-6-19(10-16)25(27,28)29)14-18-12-21(8-9-22(18)34-15)30-23(32)17-5-3-7-20(26)11-17/h2-12,15H,13-14H2,1H3,(H,30,32)/t15-/m0/s1. The molecule has 9 heteroatoms. The highest BCUT2D eigenvalue weighted by Gasteiger charge is 2.32. The zero-order chi connectivity index (χ0) is 24.5. The average Bonchev–Trinajstić information content (AvgIpc) is 2.90. The van der Waals surface area contributed by atoms with Crippen molar-refractivity contribution in [2.45, 2.75) is 32.3 Å². The first kappa shape index (κ1) is 23.3. The molecule has 3 aromatic rings. The van der Waals surface area contributed by atoms with Crippen LogP contribution in [0.1, 0.15) is 34.0 Å². The molecule has 34 heavy (non-hydrogen) atoms. The van der Waals surface area contributed by atoms with E-state index in [1.165, 1.54) is 35.2 Å². The van der Waals surface area contributed by atoms with Gasteiger partial charge in [-0.1, -0.05) is 18.2 Å². The van der Waals surface area contributed by atoms with Crippen molar-refractivity contribution in [1.82, 2.24) is 4.90 Å². The van der Waals surface area contributed by atoms with Crippen molar-refractivity contribution in [1.29, 1.82) is 0 Å². The van der Waals surface area contributed by atoms with Crippen LogP contribution in [-0.2, 0) is 24.1 Å². The largest absolute Gasteiger partial charge is 0.481 e. The van der Waals surface area contributed by atoms with Crippen LogP contribution in [0.25, 0.3) is 0 Å². The summed E-state index contributed by atoms with van der Waals surface area (Å²) in [6, 6.07) is 14.9. The number of fused-ring (bicyclic) bond motifs is 1. The minimum atomic E-state index is -4.49. The first-order chi connectivity index (χ1) is 16.1. The van der Waals surface area contributed by atoms with Crippen molar-refractivity contribution in [3.05, 3.63) is 94.8 Å². The summed E-state index contributed by atoms with van der Waals surface area (Å²) in [6.07, 6.45) is -5.34. The number of nitrogens with one attached hydrogen (secondary N) is 1. The van der Waals surface area contributed by atoms with Crippen LogP contribution >= 0.6 is 0 Å². The van der Waals surface area contributed by atoms with E-state index in [0.29, 0.717) is 22.6 Å². The SMILES string of the molecule is C[C@@H]1Oc2ccc(NC(=O)c3cccc(F)c3)cc2CN(Cc2cccc(C(F)(F)F)c2)C1=O. The molecule has 3 aromatic carbocycles. The molecule has 0 bridgehead atoms. The molecule has 4 rings (SSSR count). The Kier molecular flexibility index (Phi) is 6.28. The predicted octanol–water partition coefficient (Wildman–Crippen LogP) is 5.41. The smallest absolute Gasteiger partial charge is 0.416 e. The first-order valence-electron chi connectivity index (χ1n) is 10.4. The predicted molar refractivity (Wildman–Crippen MR) is 117 cm³/mol. The third-order valence-electron chi connectivity index (χ3n) is 5.36. The molecule has 1 atom stereocenters. The summed E-state index contributed by atoms with van der Waals surface area (Å²) in [7, 11) is 0. The summed E-state index contributed by atoms with van der Waals surface area (Å²) in [6.45, 7) is 1.59. The molecule has 5 nitrogen and oxygen atoms in total. The Morgan fingerprint density at radius 1 is 1.09 bits per heavy atom. The lowest BCUT2D eigenvalue weighted by Crippen LogP contribution is -2.37. The number of ether oxygens (including phenoxy) is 1. The quantitative estimate of drug-likeness (QED) is 0.517. The van der Waals surface area contributed by atoms with E-state index >= 15 is 0 Å². The van der Waals surface area contributed by atoms with Crippen LogP contribution in [0.3, 0.4) is 0 Å². The molecule has 0 radical (unpaired) electrons. The number of amides is 2. The minimum absolute atomic E-state index is 0.0459.